The first-order valence-corrected chi connectivity index (χ1v) is 9.59. The maximum Gasteiger partial charge on any atom is 0.340 e. The Hall–Kier alpha value is -4.07. The van der Waals surface area contributed by atoms with E-state index in [1.165, 1.54) is 42.6 Å². The summed E-state index contributed by atoms with van der Waals surface area (Å²) in [4.78, 5) is 28.2. The summed E-state index contributed by atoms with van der Waals surface area (Å²) < 4.78 is 44.0. The Bertz CT molecular complexity index is 1400. The fourth-order valence-corrected chi connectivity index (χ4v) is 3.37. The van der Waals surface area contributed by atoms with Gasteiger partial charge in [-0.15, -0.1) is 0 Å². The number of aryl methyl sites for hydroxylation is 1. The average Bonchev–Trinajstić information content (AvgIpc) is 2.78. The van der Waals surface area contributed by atoms with Crippen LogP contribution < -0.4 is 10.4 Å². The lowest BCUT2D eigenvalue weighted by Gasteiger charge is -2.11. The first-order valence-electron chi connectivity index (χ1n) is 9.59. The average molecular weight is 437 g/mol. The number of ether oxygens (including phenoxy) is 2. The molecule has 2 heterocycles. The van der Waals surface area contributed by atoms with Crippen molar-refractivity contribution in [1.82, 2.24) is 4.98 Å². The summed E-state index contributed by atoms with van der Waals surface area (Å²) in [5, 5.41) is 0.609. The van der Waals surface area contributed by atoms with Gasteiger partial charge in [-0.25, -0.2) is 23.4 Å². The number of carbonyl (C=O) groups is 1. The molecule has 4 rings (SSSR count). The van der Waals surface area contributed by atoms with Crippen molar-refractivity contribution in [1.29, 1.82) is 0 Å². The van der Waals surface area contributed by atoms with E-state index in [1.54, 1.807) is 19.1 Å². The number of rotatable bonds is 5. The van der Waals surface area contributed by atoms with Gasteiger partial charge in [-0.05, 0) is 48.4 Å². The summed E-state index contributed by atoms with van der Waals surface area (Å²) in [5.74, 6) is -2.15. The molecule has 0 spiro atoms. The van der Waals surface area contributed by atoms with Crippen LogP contribution in [0.1, 0.15) is 27.0 Å². The van der Waals surface area contributed by atoms with Crippen molar-refractivity contribution in [3.8, 4) is 11.6 Å². The number of fused-ring (bicyclic) bond motifs is 1. The highest BCUT2D eigenvalue weighted by molar-refractivity contribution is 5.90. The molecule has 0 atom stereocenters. The van der Waals surface area contributed by atoms with Crippen LogP contribution in [-0.4, -0.2) is 18.1 Å². The van der Waals surface area contributed by atoms with Crippen molar-refractivity contribution in [2.24, 2.45) is 0 Å². The maximum atomic E-state index is 14.8. The van der Waals surface area contributed by atoms with Crippen molar-refractivity contribution in [3.05, 3.63) is 99.0 Å². The van der Waals surface area contributed by atoms with Gasteiger partial charge >= 0.3 is 11.6 Å². The van der Waals surface area contributed by atoms with Crippen molar-refractivity contribution >= 4 is 16.9 Å². The number of methoxy groups -OCH3 is 1. The summed E-state index contributed by atoms with van der Waals surface area (Å²) in [6.45, 7) is 1.72. The highest BCUT2D eigenvalue weighted by Crippen LogP contribution is 2.29. The van der Waals surface area contributed by atoms with Gasteiger partial charge in [0.25, 0.3) is 5.88 Å². The minimum atomic E-state index is -0.802. The zero-order chi connectivity index (χ0) is 22.8. The summed E-state index contributed by atoms with van der Waals surface area (Å²) in [7, 11) is 1.16. The Balaban J connectivity index is 1.71. The second kappa shape index (κ2) is 8.58. The van der Waals surface area contributed by atoms with Crippen LogP contribution in [-0.2, 0) is 11.2 Å². The number of benzene rings is 2. The number of hydrogen-bond donors (Lipinski definition) is 0. The largest absolute Gasteiger partial charge is 0.465 e. The van der Waals surface area contributed by atoms with Crippen LogP contribution in [0.4, 0.5) is 8.78 Å². The fourth-order valence-electron chi connectivity index (χ4n) is 3.37. The lowest BCUT2D eigenvalue weighted by molar-refractivity contribution is 0.0595. The van der Waals surface area contributed by atoms with Crippen LogP contribution >= 0.6 is 0 Å². The highest BCUT2D eigenvalue weighted by atomic mass is 19.1. The predicted octanol–water partition coefficient (Wildman–Crippen LogP) is 4.94. The molecule has 0 aliphatic rings. The number of esters is 1. The zero-order valence-electron chi connectivity index (χ0n) is 17.1. The van der Waals surface area contributed by atoms with E-state index in [2.05, 4.69) is 9.72 Å². The third-order valence-electron chi connectivity index (χ3n) is 5.05. The molecule has 0 unspecified atom stereocenters. The van der Waals surface area contributed by atoms with E-state index in [-0.39, 0.29) is 40.3 Å². The van der Waals surface area contributed by atoms with Gasteiger partial charge in [-0.2, -0.15) is 0 Å². The Kier molecular flexibility index (Phi) is 5.68. The van der Waals surface area contributed by atoms with Crippen molar-refractivity contribution < 1.29 is 27.5 Å². The molecule has 4 aromatic rings. The number of carbonyl (C=O) groups excluding carboxylic acids is 1. The van der Waals surface area contributed by atoms with E-state index in [9.17, 15) is 18.4 Å². The summed E-state index contributed by atoms with van der Waals surface area (Å²) >= 11 is 0. The van der Waals surface area contributed by atoms with Crippen molar-refractivity contribution in [3.63, 3.8) is 0 Å². The van der Waals surface area contributed by atoms with Gasteiger partial charge in [0.1, 0.15) is 17.1 Å². The maximum absolute atomic E-state index is 14.8. The molecule has 32 heavy (non-hydrogen) atoms. The normalized spacial score (nSPS) is 10.9. The number of halogens is 2. The van der Waals surface area contributed by atoms with Crippen molar-refractivity contribution in [2.45, 2.75) is 13.3 Å². The molecule has 2 aromatic carbocycles. The number of pyridine rings is 1. The SMILES string of the molecule is COC(=O)c1cccc(Cc2c(C)c3ccc(Oc4ncccc4F)cc3oc2=O)c1F. The van der Waals surface area contributed by atoms with E-state index >= 15 is 0 Å². The summed E-state index contributed by atoms with van der Waals surface area (Å²) in [5.41, 5.74) is 0.370. The van der Waals surface area contributed by atoms with Gasteiger partial charge in [-0.1, -0.05) is 12.1 Å². The first-order chi connectivity index (χ1) is 15.4. The van der Waals surface area contributed by atoms with Crippen LogP contribution in [0.3, 0.4) is 0 Å². The summed E-state index contributed by atoms with van der Waals surface area (Å²) in [6, 6.07) is 11.7. The minimum Gasteiger partial charge on any atom is -0.465 e. The number of hydrogen-bond acceptors (Lipinski definition) is 6. The standard InChI is InChI=1S/C24H17F2NO5/c1-13-16-9-8-15(31-22-19(25)7-4-10-27-22)12-20(16)32-24(29)18(13)11-14-5-3-6-17(21(14)26)23(28)30-2/h3-10,12H,11H2,1-2H3. The molecular formula is C24H17F2NO5. The molecule has 0 aliphatic carbocycles. The molecule has 0 bridgehead atoms. The molecule has 2 aromatic heterocycles. The Morgan fingerprint density at radius 3 is 2.69 bits per heavy atom. The molecule has 8 heteroatoms. The van der Waals surface area contributed by atoms with Gasteiger partial charge in [0.15, 0.2) is 5.82 Å². The molecule has 0 saturated carbocycles. The highest BCUT2D eigenvalue weighted by Gasteiger charge is 2.19. The van der Waals surface area contributed by atoms with Crippen LogP contribution in [0, 0.1) is 18.6 Å². The smallest absolute Gasteiger partial charge is 0.340 e. The topological polar surface area (TPSA) is 78.6 Å². The zero-order valence-corrected chi connectivity index (χ0v) is 17.1. The molecule has 0 fully saturated rings. The van der Waals surface area contributed by atoms with Gasteiger partial charge in [0.2, 0.25) is 0 Å². The van der Waals surface area contributed by atoms with E-state index in [4.69, 9.17) is 9.15 Å². The molecule has 0 saturated heterocycles. The molecular weight excluding hydrogens is 420 g/mol. The van der Waals surface area contributed by atoms with Crippen LogP contribution in [0.25, 0.3) is 11.0 Å². The first kappa shape index (κ1) is 21.2. The van der Waals surface area contributed by atoms with Crippen LogP contribution in [0.2, 0.25) is 0 Å². The minimum absolute atomic E-state index is 0.0713. The van der Waals surface area contributed by atoms with Gasteiger partial charge in [0, 0.05) is 29.6 Å². The van der Waals surface area contributed by atoms with Crippen molar-refractivity contribution in [2.75, 3.05) is 7.11 Å². The van der Waals surface area contributed by atoms with E-state index < -0.39 is 23.2 Å². The monoisotopic (exact) mass is 437 g/mol. The second-order valence-electron chi connectivity index (χ2n) is 6.99. The Labute approximate surface area is 181 Å². The third kappa shape index (κ3) is 3.94. The predicted molar refractivity (Wildman–Crippen MR) is 112 cm³/mol. The van der Waals surface area contributed by atoms with E-state index in [1.807, 2.05) is 0 Å². The lowest BCUT2D eigenvalue weighted by atomic mass is 9.98. The second-order valence-corrected chi connectivity index (χ2v) is 6.99. The quantitative estimate of drug-likeness (QED) is 0.325. The van der Waals surface area contributed by atoms with Gasteiger partial charge in [-0.3, -0.25) is 0 Å². The van der Waals surface area contributed by atoms with Gasteiger partial charge in [0.05, 0.1) is 12.7 Å². The Morgan fingerprint density at radius 2 is 1.94 bits per heavy atom. The Morgan fingerprint density at radius 1 is 1.12 bits per heavy atom. The molecule has 0 radical (unpaired) electrons. The molecule has 0 N–H and O–H groups in total. The molecule has 162 valence electrons. The molecule has 6 nitrogen and oxygen atoms in total. The van der Waals surface area contributed by atoms with Crippen LogP contribution in [0.5, 0.6) is 11.6 Å². The summed E-state index contributed by atoms with van der Waals surface area (Å²) in [6.07, 6.45) is 1.32. The lowest BCUT2D eigenvalue weighted by Crippen LogP contribution is -2.13. The molecule has 0 aliphatic heterocycles. The van der Waals surface area contributed by atoms with E-state index in [0.717, 1.165) is 7.11 Å². The van der Waals surface area contributed by atoms with Gasteiger partial charge < -0.3 is 13.9 Å². The number of aromatic nitrogens is 1. The third-order valence-corrected chi connectivity index (χ3v) is 5.05. The van der Waals surface area contributed by atoms with E-state index in [0.29, 0.717) is 10.9 Å². The van der Waals surface area contributed by atoms with Crippen LogP contribution in [0.15, 0.2) is 63.9 Å². The fraction of sp³-hybridized carbons (Fsp3) is 0.125. The number of nitrogens with zero attached hydrogens (tertiary/aromatic N) is 1. The molecule has 0 amide bonds.